The van der Waals surface area contributed by atoms with Gasteiger partial charge in [0, 0.05) is 12.1 Å². The summed E-state index contributed by atoms with van der Waals surface area (Å²) >= 11 is 1.65. The fourth-order valence-corrected chi connectivity index (χ4v) is 2.00. The highest BCUT2D eigenvalue weighted by atomic mass is 32.2. The second-order valence-corrected chi connectivity index (χ2v) is 4.52. The summed E-state index contributed by atoms with van der Waals surface area (Å²) in [6.07, 6.45) is 2.01. The minimum atomic E-state index is -0.399. The van der Waals surface area contributed by atoms with E-state index in [4.69, 9.17) is 15.3 Å². The molecule has 0 bridgehead atoms. The first-order valence-electron chi connectivity index (χ1n) is 4.73. The smallest absolute Gasteiger partial charge is 0.226 e. The van der Waals surface area contributed by atoms with Gasteiger partial charge in [-0.1, -0.05) is 0 Å². The molecule has 0 fully saturated rings. The van der Waals surface area contributed by atoms with Crippen molar-refractivity contribution in [2.45, 2.75) is 25.1 Å². The molecule has 0 aliphatic carbocycles. The van der Waals surface area contributed by atoms with Crippen molar-refractivity contribution in [1.82, 2.24) is 0 Å². The molecular weight excluding hydrogens is 214 g/mol. The average Bonchev–Trinajstić information content (AvgIpc) is 2.18. The molecule has 0 amide bonds. The highest BCUT2D eigenvalue weighted by Crippen LogP contribution is 2.13. The molecular formula is C10H15NO3S. The van der Waals surface area contributed by atoms with Crippen LogP contribution in [0.3, 0.4) is 0 Å². The van der Waals surface area contributed by atoms with Crippen molar-refractivity contribution in [3.63, 3.8) is 0 Å². The van der Waals surface area contributed by atoms with E-state index in [9.17, 15) is 4.79 Å². The van der Waals surface area contributed by atoms with Gasteiger partial charge >= 0.3 is 0 Å². The van der Waals surface area contributed by atoms with Gasteiger partial charge in [0.25, 0.3) is 0 Å². The maximum Gasteiger partial charge on any atom is 0.226 e. The van der Waals surface area contributed by atoms with E-state index in [2.05, 4.69) is 0 Å². The molecule has 1 heterocycles. The summed E-state index contributed by atoms with van der Waals surface area (Å²) in [7, 11) is 0. The van der Waals surface area contributed by atoms with Crippen molar-refractivity contribution < 1.29 is 9.52 Å². The molecule has 5 heteroatoms. The lowest BCUT2D eigenvalue weighted by molar-refractivity contribution is 0.419. The minimum Gasteiger partial charge on any atom is -0.502 e. The standard InChI is InChI=1S/C10H15NO3S/c1-7(11)2-3-15-6-8-4-9(12)10(13)5-14-8/h4-5,7,13H,2-3,6,11H2,1H3. The second-order valence-electron chi connectivity index (χ2n) is 3.41. The van der Waals surface area contributed by atoms with E-state index in [1.165, 1.54) is 6.07 Å². The Hall–Kier alpha value is -0.940. The lowest BCUT2D eigenvalue weighted by atomic mass is 10.3. The number of hydrogen-bond acceptors (Lipinski definition) is 5. The monoisotopic (exact) mass is 229 g/mol. The predicted octanol–water partition coefficient (Wildman–Crippen LogP) is 1.32. The quantitative estimate of drug-likeness (QED) is 0.745. The molecule has 4 nitrogen and oxygen atoms in total. The zero-order chi connectivity index (χ0) is 11.3. The van der Waals surface area contributed by atoms with Crippen LogP contribution in [-0.4, -0.2) is 16.9 Å². The molecule has 1 atom stereocenters. The minimum absolute atomic E-state index is 0.198. The van der Waals surface area contributed by atoms with Crippen LogP contribution >= 0.6 is 11.8 Å². The summed E-state index contributed by atoms with van der Waals surface area (Å²) in [4.78, 5) is 11.0. The van der Waals surface area contributed by atoms with Gasteiger partial charge in [0.15, 0.2) is 5.75 Å². The Balaban J connectivity index is 2.38. The highest BCUT2D eigenvalue weighted by molar-refractivity contribution is 7.98. The van der Waals surface area contributed by atoms with Crippen molar-refractivity contribution in [3.8, 4) is 5.75 Å². The molecule has 1 unspecified atom stereocenters. The van der Waals surface area contributed by atoms with Gasteiger partial charge in [-0.25, -0.2) is 0 Å². The summed E-state index contributed by atoms with van der Waals surface area (Å²) in [5.41, 5.74) is 5.20. The first kappa shape index (κ1) is 12.1. The first-order valence-corrected chi connectivity index (χ1v) is 5.89. The Kier molecular flexibility index (Phi) is 4.71. The van der Waals surface area contributed by atoms with Crippen LogP contribution in [0.25, 0.3) is 0 Å². The Morgan fingerprint density at radius 2 is 2.40 bits per heavy atom. The molecule has 1 aromatic heterocycles. The Morgan fingerprint density at radius 1 is 1.67 bits per heavy atom. The largest absolute Gasteiger partial charge is 0.502 e. The van der Waals surface area contributed by atoms with Crippen LogP contribution in [0.5, 0.6) is 5.75 Å². The third-order valence-electron chi connectivity index (χ3n) is 1.83. The van der Waals surface area contributed by atoms with E-state index in [1.807, 2.05) is 6.92 Å². The summed E-state index contributed by atoms with van der Waals surface area (Å²) in [5, 5.41) is 8.96. The van der Waals surface area contributed by atoms with Crippen molar-refractivity contribution in [2.24, 2.45) is 5.73 Å². The molecule has 84 valence electrons. The lowest BCUT2D eigenvalue weighted by Crippen LogP contribution is -2.15. The Morgan fingerprint density at radius 3 is 3.00 bits per heavy atom. The van der Waals surface area contributed by atoms with E-state index in [1.54, 1.807) is 11.8 Å². The molecule has 0 aromatic carbocycles. The molecule has 0 saturated heterocycles. The lowest BCUT2D eigenvalue weighted by Gasteiger charge is -2.03. The molecule has 1 rings (SSSR count). The van der Waals surface area contributed by atoms with Crippen molar-refractivity contribution >= 4 is 11.8 Å². The number of aromatic hydroxyl groups is 1. The fourth-order valence-electron chi connectivity index (χ4n) is 0.961. The maximum atomic E-state index is 11.0. The molecule has 3 N–H and O–H groups in total. The van der Waals surface area contributed by atoms with Gasteiger partial charge in [0.2, 0.25) is 5.43 Å². The van der Waals surface area contributed by atoms with E-state index >= 15 is 0 Å². The van der Waals surface area contributed by atoms with Crippen LogP contribution in [0.2, 0.25) is 0 Å². The van der Waals surface area contributed by atoms with Gasteiger partial charge in [-0.15, -0.1) is 0 Å². The summed E-state index contributed by atoms with van der Waals surface area (Å²) in [5.74, 6) is 1.79. The maximum absolute atomic E-state index is 11.0. The van der Waals surface area contributed by atoms with Gasteiger partial charge in [0.1, 0.15) is 12.0 Å². The van der Waals surface area contributed by atoms with Crippen LogP contribution in [0.15, 0.2) is 21.5 Å². The van der Waals surface area contributed by atoms with Crippen LogP contribution < -0.4 is 11.2 Å². The topological polar surface area (TPSA) is 76.5 Å². The van der Waals surface area contributed by atoms with E-state index in [0.717, 1.165) is 18.4 Å². The summed E-state index contributed by atoms with van der Waals surface area (Å²) < 4.78 is 5.04. The van der Waals surface area contributed by atoms with Crippen molar-refractivity contribution in [2.75, 3.05) is 5.75 Å². The van der Waals surface area contributed by atoms with E-state index in [0.29, 0.717) is 11.5 Å². The Labute approximate surface area is 92.5 Å². The number of hydrogen-bond donors (Lipinski definition) is 2. The average molecular weight is 229 g/mol. The molecule has 0 radical (unpaired) electrons. The van der Waals surface area contributed by atoms with Crippen LogP contribution in [0.1, 0.15) is 19.1 Å². The van der Waals surface area contributed by atoms with Gasteiger partial charge in [-0.05, 0) is 19.1 Å². The van der Waals surface area contributed by atoms with Gasteiger partial charge in [-0.3, -0.25) is 4.79 Å². The molecule has 0 aliphatic rings. The third kappa shape index (κ3) is 4.40. The first-order chi connectivity index (χ1) is 7.09. The van der Waals surface area contributed by atoms with Crippen LogP contribution in [0, 0.1) is 0 Å². The number of thioether (sulfide) groups is 1. The van der Waals surface area contributed by atoms with Crippen LogP contribution in [0.4, 0.5) is 0 Å². The summed E-state index contributed by atoms with van der Waals surface area (Å²) in [6.45, 7) is 1.96. The zero-order valence-corrected chi connectivity index (χ0v) is 9.42. The SMILES string of the molecule is CC(N)CCSCc1cc(=O)c(O)co1. The van der Waals surface area contributed by atoms with Crippen molar-refractivity contribution in [1.29, 1.82) is 0 Å². The predicted molar refractivity (Wildman–Crippen MR) is 61.1 cm³/mol. The third-order valence-corrected chi connectivity index (χ3v) is 2.84. The molecule has 0 aliphatic heterocycles. The van der Waals surface area contributed by atoms with Gasteiger partial charge in [0.05, 0.1) is 5.75 Å². The number of rotatable bonds is 5. The fraction of sp³-hybridized carbons (Fsp3) is 0.500. The summed E-state index contributed by atoms with van der Waals surface area (Å²) in [6, 6.07) is 1.51. The van der Waals surface area contributed by atoms with Gasteiger partial charge < -0.3 is 15.3 Å². The second kappa shape index (κ2) is 5.82. The molecule has 0 spiro atoms. The molecule has 1 aromatic rings. The number of nitrogens with two attached hydrogens (primary N) is 1. The van der Waals surface area contributed by atoms with E-state index < -0.39 is 5.43 Å². The van der Waals surface area contributed by atoms with Gasteiger partial charge in [-0.2, -0.15) is 11.8 Å². The molecule has 15 heavy (non-hydrogen) atoms. The van der Waals surface area contributed by atoms with E-state index in [-0.39, 0.29) is 11.8 Å². The van der Waals surface area contributed by atoms with Crippen LogP contribution in [-0.2, 0) is 5.75 Å². The normalized spacial score (nSPS) is 12.7. The highest BCUT2D eigenvalue weighted by Gasteiger charge is 2.02. The Bertz CT molecular complexity index is 362. The molecule has 0 saturated carbocycles. The zero-order valence-electron chi connectivity index (χ0n) is 8.60. The van der Waals surface area contributed by atoms with Crippen molar-refractivity contribution in [3.05, 3.63) is 28.3 Å².